The molecule has 1 saturated heterocycles. The lowest BCUT2D eigenvalue weighted by Crippen LogP contribution is -2.42. The molecule has 0 radical (unpaired) electrons. The van der Waals surface area contributed by atoms with Crippen molar-refractivity contribution in [3.63, 3.8) is 0 Å². The van der Waals surface area contributed by atoms with Crippen LogP contribution in [-0.2, 0) is 11.3 Å². The first-order valence-corrected chi connectivity index (χ1v) is 9.83. The largest absolute Gasteiger partial charge is 0.444 e. The van der Waals surface area contributed by atoms with E-state index in [-0.39, 0.29) is 12.1 Å². The molecule has 0 spiro atoms. The standard InChI is InChI=1S/C17H27BrN2O2S/c1-12(19-11-14-7-8-15(18)23-14)10-13-6-5-9-20(13)16(21)22-17(2,3)4/h7-8,12-13,19H,5-6,9-11H2,1-4H3. The zero-order valence-electron chi connectivity index (χ0n) is 14.4. The van der Waals surface area contributed by atoms with E-state index in [9.17, 15) is 4.79 Å². The Hall–Kier alpha value is -0.590. The lowest BCUT2D eigenvalue weighted by atomic mass is 10.1. The number of thiophene rings is 1. The maximum absolute atomic E-state index is 12.3. The van der Waals surface area contributed by atoms with Crippen LogP contribution in [0.25, 0.3) is 0 Å². The molecule has 0 aliphatic carbocycles. The van der Waals surface area contributed by atoms with Crippen LogP contribution in [0.5, 0.6) is 0 Å². The number of ether oxygens (including phenoxy) is 1. The second-order valence-corrected chi connectivity index (χ2v) is 9.74. The third-order valence-electron chi connectivity index (χ3n) is 3.88. The van der Waals surface area contributed by atoms with E-state index >= 15 is 0 Å². The van der Waals surface area contributed by atoms with E-state index in [0.29, 0.717) is 6.04 Å². The van der Waals surface area contributed by atoms with E-state index in [1.54, 1.807) is 11.3 Å². The van der Waals surface area contributed by atoms with Crippen molar-refractivity contribution in [1.82, 2.24) is 10.2 Å². The first kappa shape index (κ1) is 18.7. The molecule has 1 aliphatic heterocycles. The van der Waals surface area contributed by atoms with Crippen LogP contribution in [0.3, 0.4) is 0 Å². The number of carbonyl (C=O) groups is 1. The van der Waals surface area contributed by atoms with Crippen LogP contribution in [0.1, 0.15) is 51.8 Å². The summed E-state index contributed by atoms with van der Waals surface area (Å²) in [5.74, 6) is 0. The summed E-state index contributed by atoms with van der Waals surface area (Å²) in [4.78, 5) is 15.5. The lowest BCUT2D eigenvalue weighted by molar-refractivity contribution is 0.0214. The van der Waals surface area contributed by atoms with Crippen molar-refractivity contribution in [2.24, 2.45) is 0 Å². The van der Waals surface area contributed by atoms with E-state index in [4.69, 9.17) is 4.74 Å². The van der Waals surface area contributed by atoms with Gasteiger partial charge >= 0.3 is 6.09 Å². The number of hydrogen-bond donors (Lipinski definition) is 1. The number of halogens is 1. The van der Waals surface area contributed by atoms with E-state index < -0.39 is 5.60 Å². The molecule has 6 heteroatoms. The summed E-state index contributed by atoms with van der Waals surface area (Å²) in [6.45, 7) is 9.62. The molecule has 23 heavy (non-hydrogen) atoms. The molecule has 2 atom stereocenters. The second kappa shape index (κ2) is 7.99. The molecular formula is C17H27BrN2O2S. The number of amides is 1. The fourth-order valence-electron chi connectivity index (χ4n) is 2.85. The first-order chi connectivity index (χ1) is 10.7. The Bertz CT molecular complexity index is 527. The van der Waals surface area contributed by atoms with Gasteiger partial charge < -0.3 is 15.0 Å². The number of carbonyl (C=O) groups excluding carboxylic acids is 1. The van der Waals surface area contributed by atoms with Gasteiger partial charge in [-0.05, 0) is 75.0 Å². The maximum Gasteiger partial charge on any atom is 0.410 e. The van der Waals surface area contributed by atoms with Crippen LogP contribution in [0.4, 0.5) is 4.79 Å². The van der Waals surface area contributed by atoms with Gasteiger partial charge in [0.2, 0.25) is 0 Å². The molecule has 1 fully saturated rings. The van der Waals surface area contributed by atoms with Crippen LogP contribution in [0.15, 0.2) is 15.9 Å². The predicted octanol–water partition coefficient (Wildman–Crippen LogP) is 4.78. The van der Waals surface area contributed by atoms with Crippen LogP contribution < -0.4 is 5.32 Å². The minimum Gasteiger partial charge on any atom is -0.444 e. The van der Waals surface area contributed by atoms with Crippen LogP contribution >= 0.6 is 27.3 Å². The summed E-state index contributed by atoms with van der Waals surface area (Å²) in [7, 11) is 0. The number of nitrogens with zero attached hydrogens (tertiary/aromatic N) is 1. The Morgan fingerprint density at radius 3 is 2.87 bits per heavy atom. The molecular weight excluding hydrogens is 376 g/mol. The van der Waals surface area contributed by atoms with Crippen molar-refractivity contribution in [2.75, 3.05) is 6.54 Å². The number of nitrogens with one attached hydrogen (secondary N) is 1. The molecule has 1 aliphatic rings. The zero-order chi connectivity index (χ0) is 17.0. The van der Waals surface area contributed by atoms with Gasteiger partial charge in [-0.25, -0.2) is 4.79 Å². The quantitative estimate of drug-likeness (QED) is 0.770. The molecule has 2 unspecified atom stereocenters. The van der Waals surface area contributed by atoms with Crippen molar-refractivity contribution in [2.45, 2.75) is 71.2 Å². The summed E-state index contributed by atoms with van der Waals surface area (Å²) >= 11 is 5.24. The third kappa shape index (κ3) is 6.08. The zero-order valence-corrected chi connectivity index (χ0v) is 16.8. The highest BCUT2D eigenvalue weighted by Gasteiger charge is 2.32. The highest BCUT2D eigenvalue weighted by atomic mass is 79.9. The van der Waals surface area contributed by atoms with E-state index in [1.165, 1.54) is 4.88 Å². The summed E-state index contributed by atoms with van der Waals surface area (Å²) < 4.78 is 6.69. The fourth-order valence-corrected chi connectivity index (χ4v) is 4.29. The first-order valence-electron chi connectivity index (χ1n) is 8.22. The number of rotatable bonds is 5. The molecule has 0 bridgehead atoms. The molecule has 1 N–H and O–H groups in total. The molecule has 0 aromatic carbocycles. The lowest BCUT2D eigenvalue weighted by Gasteiger charge is -2.30. The summed E-state index contributed by atoms with van der Waals surface area (Å²) in [6.07, 6.45) is 2.92. The van der Waals surface area contributed by atoms with Gasteiger partial charge in [0.1, 0.15) is 5.60 Å². The normalized spacial score (nSPS) is 19.9. The maximum atomic E-state index is 12.3. The van der Waals surface area contributed by atoms with Crippen LogP contribution in [0.2, 0.25) is 0 Å². The predicted molar refractivity (Wildman–Crippen MR) is 98.9 cm³/mol. The summed E-state index contributed by atoms with van der Waals surface area (Å²) in [5, 5.41) is 3.56. The number of hydrogen-bond acceptors (Lipinski definition) is 4. The van der Waals surface area contributed by atoms with Gasteiger partial charge in [0.25, 0.3) is 0 Å². The Kier molecular flexibility index (Phi) is 6.51. The average molecular weight is 403 g/mol. The van der Waals surface area contributed by atoms with Crippen molar-refractivity contribution in [3.05, 3.63) is 20.8 Å². The highest BCUT2D eigenvalue weighted by molar-refractivity contribution is 9.11. The van der Waals surface area contributed by atoms with E-state index in [2.05, 4.69) is 40.3 Å². The van der Waals surface area contributed by atoms with E-state index in [1.807, 2.05) is 25.7 Å². The summed E-state index contributed by atoms with van der Waals surface area (Å²) in [5.41, 5.74) is -0.430. The van der Waals surface area contributed by atoms with Crippen molar-refractivity contribution in [3.8, 4) is 0 Å². The fraction of sp³-hybridized carbons (Fsp3) is 0.706. The molecule has 1 aromatic heterocycles. The number of likely N-dealkylation sites (tertiary alicyclic amines) is 1. The SMILES string of the molecule is CC(CC1CCCN1C(=O)OC(C)(C)C)NCc1ccc(Br)s1. The molecule has 130 valence electrons. The minimum atomic E-state index is -0.430. The molecule has 0 saturated carbocycles. The minimum absolute atomic E-state index is 0.172. The van der Waals surface area contributed by atoms with Gasteiger partial charge in [-0.2, -0.15) is 0 Å². The molecule has 2 heterocycles. The Labute approximate surface area is 151 Å². The van der Waals surface area contributed by atoms with Gasteiger partial charge in [0.15, 0.2) is 0 Å². The van der Waals surface area contributed by atoms with Crippen LogP contribution in [0, 0.1) is 0 Å². The smallest absolute Gasteiger partial charge is 0.410 e. The molecule has 1 amide bonds. The van der Waals surface area contributed by atoms with Gasteiger partial charge in [0.05, 0.1) is 3.79 Å². The Morgan fingerprint density at radius 1 is 1.52 bits per heavy atom. The van der Waals surface area contributed by atoms with Crippen molar-refractivity contribution >= 4 is 33.4 Å². The van der Waals surface area contributed by atoms with Gasteiger partial charge in [-0.3, -0.25) is 0 Å². The van der Waals surface area contributed by atoms with Gasteiger partial charge in [-0.15, -0.1) is 11.3 Å². The van der Waals surface area contributed by atoms with Gasteiger partial charge in [0, 0.05) is 30.1 Å². The van der Waals surface area contributed by atoms with Crippen molar-refractivity contribution < 1.29 is 9.53 Å². The van der Waals surface area contributed by atoms with Crippen molar-refractivity contribution in [1.29, 1.82) is 0 Å². The Morgan fingerprint density at radius 2 is 2.26 bits per heavy atom. The van der Waals surface area contributed by atoms with Gasteiger partial charge in [-0.1, -0.05) is 0 Å². The van der Waals surface area contributed by atoms with Crippen LogP contribution in [-0.4, -0.2) is 35.2 Å². The average Bonchev–Trinajstić information content (AvgIpc) is 3.03. The molecule has 2 rings (SSSR count). The van der Waals surface area contributed by atoms with E-state index in [0.717, 1.165) is 36.1 Å². The third-order valence-corrected chi connectivity index (χ3v) is 5.51. The second-order valence-electron chi connectivity index (χ2n) is 7.19. The molecule has 1 aromatic rings. The topological polar surface area (TPSA) is 41.6 Å². The highest BCUT2D eigenvalue weighted by Crippen LogP contribution is 2.25. The monoisotopic (exact) mass is 402 g/mol. The summed E-state index contributed by atoms with van der Waals surface area (Å²) in [6, 6.07) is 4.86. The Balaban J connectivity index is 1.81. The molecule has 4 nitrogen and oxygen atoms in total.